The molecule has 1 heterocycles. The Bertz CT molecular complexity index is 2890. The topological polar surface area (TPSA) is 3.24 Å². The predicted octanol–water partition coefficient (Wildman–Crippen LogP) is 15.7. The highest BCUT2D eigenvalue weighted by Gasteiger charge is 2.40. The highest BCUT2D eigenvalue weighted by molar-refractivity contribution is 8.05. The molecule has 11 rings (SSSR count). The fourth-order valence-corrected chi connectivity index (χ4v) is 12.1. The van der Waals surface area contributed by atoms with Crippen LogP contribution in [0.1, 0.15) is 49.9 Å². The van der Waals surface area contributed by atoms with Crippen molar-refractivity contribution in [3.63, 3.8) is 0 Å². The Morgan fingerprint density at radius 3 is 1.60 bits per heavy atom. The normalized spacial score (nSPS) is 14.8. The fraction of sp³-hybridized carbons (Fsp3) is 0.111. The molecule has 8 aromatic carbocycles. The van der Waals surface area contributed by atoms with Crippen molar-refractivity contribution in [3.05, 3.63) is 198 Å². The lowest BCUT2D eigenvalue weighted by molar-refractivity contribution is 0.642. The van der Waals surface area contributed by atoms with E-state index in [1.807, 2.05) is 23.5 Å². The van der Waals surface area contributed by atoms with Crippen molar-refractivity contribution in [3.8, 4) is 44.5 Å². The molecule has 0 atom stereocenters. The van der Waals surface area contributed by atoms with Crippen molar-refractivity contribution in [1.29, 1.82) is 0 Å². The number of hydrogen-bond donors (Lipinski definition) is 0. The van der Waals surface area contributed by atoms with Crippen LogP contribution in [-0.2, 0) is 10.8 Å². The zero-order valence-corrected chi connectivity index (χ0v) is 34.1. The number of benzene rings is 8. The van der Waals surface area contributed by atoms with E-state index in [0.29, 0.717) is 0 Å². The fourth-order valence-electron chi connectivity index (χ4n) is 9.56. The first-order chi connectivity index (χ1) is 27.8. The number of fused-ring (bicyclic) bond motifs is 9. The minimum absolute atomic E-state index is 0.0864. The van der Waals surface area contributed by atoms with Gasteiger partial charge in [-0.25, -0.2) is 0 Å². The summed E-state index contributed by atoms with van der Waals surface area (Å²) in [6, 6.07) is 65.4. The quantitative estimate of drug-likeness (QED) is 0.172. The molecule has 0 aromatic heterocycles. The minimum Gasteiger partial charge on any atom is -0.310 e. The van der Waals surface area contributed by atoms with Gasteiger partial charge in [-0.05, 0) is 127 Å². The first-order valence-electron chi connectivity index (χ1n) is 19.8. The monoisotopic (exact) mass is 767 g/mol. The zero-order chi connectivity index (χ0) is 38.5. The van der Waals surface area contributed by atoms with Gasteiger partial charge in [-0.15, -0.1) is 0 Å². The Kier molecular flexibility index (Phi) is 7.80. The van der Waals surface area contributed by atoms with Gasteiger partial charge in [0.05, 0.1) is 0 Å². The van der Waals surface area contributed by atoms with Crippen LogP contribution in [0.5, 0.6) is 0 Å². The van der Waals surface area contributed by atoms with Gasteiger partial charge < -0.3 is 4.90 Å². The van der Waals surface area contributed by atoms with E-state index in [2.05, 4.69) is 209 Å². The number of nitrogens with zero attached hydrogens (tertiary/aromatic N) is 1. The predicted molar refractivity (Wildman–Crippen MR) is 242 cm³/mol. The van der Waals surface area contributed by atoms with Crippen molar-refractivity contribution in [2.45, 2.75) is 58.1 Å². The summed E-state index contributed by atoms with van der Waals surface area (Å²) in [5.74, 6) is 0. The summed E-state index contributed by atoms with van der Waals surface area (Å²) in [6.45, 7) is 9.54. The molecule has 0 saturated heterocycles. The van der Waals surface area contributed by atoms with Gasteiger partial charge in [0.25, 0.3) is 0 Å². The second-order valence-corrected chi connectivity index (χ2v) is 18.7. The summed E-state index contributed by atoms with van der Waals surface area (Å²) >= 11 is 3.84. The van der Waals surface area contributed by atoms with Crippen LogP contribution < -0.4 is 4.90 Å². The molecule has 0 N–H and O–H groups in total. The summed E-state index contributed by atoms with van der Waals surface area (Å²) < 4.78 is 0. The van der Waals surface area contributed by atoms with Crippen LogP contribution in [0.15, 0.2) is 196 Å². The third kappa shape index (κ3) is 5.40. The van der Waals surface area contributed by atoms with Gasteiger partial charge in [-0.1, -0.05) is 166 Å². The largest absolute Gasteiger partial charge is 0.310 e. The van der Waals surface area contributed by atoms with Crippen molar-refractivity contribution in [1.82, 2.24) is 0 Å². The average molecular weight is 768 g/mol. The van der Waals surface area contributed by atoms with Crippen molar-refractivity contribution < 1.29 is 0 Å². The Morgan fingerprint density at radius 2 is 0.860 bits per heavy atom. The molecule has 3 aliphatic rings. The summed E-state index contributed by atoms with van der Waals surface area (Å²) in [6.07, 6.45) is 0. The molecule has 2 aliphatic carbocycles. The molecule has 1 nitrogen and oxygen atoms in total. The molecule has 274 valence electrons. The molecular formula is C54H41NS2. The Balaban J connectivity index is 0.967. The lowest BCUT2D eigenvalue weighted by Crippen LogP contribution is -2.17. The standard InChI is InChI=1S/C54H41NS2/c1-53(2)45-15-9-8-14-41(45)42-29-27-40(33-47(42)53)55(38-23-18-35(19-24-38)34-12-6-5-7-13-34)39-25-20-36(21-26-39)37-22-28-43-44-30-31-50-52(51(44)54(3,4)46(43)32-37)57-49-17-11-10-16-48(49)56-50/h5-33H,1-4H3. The summed E-state index contributed by atoms with van der Waals surface area (Å²) in [7, 11) is 0. The van der Waals surface area contributed by atoms with E-state index in [0.717, 1.165) is 17.1 Å². The molecule has 57 heavy (non-hydrogen) atoms. The van der Waals surface area contributed by atoms with Crippen molar-refractivity contribution >= 4 is 40.6 Å². The molecule has 1 aliphatic heterocycles. The molecule has 3 heteroatoms. The minimum atomic E-state index is -0.116. The number of hydrogen-bond acceptors (Lipinski definition) is 3. The van der Waals surface area contributed by atoms with Crippen LogP contribution in [0.4, 0.5) is 17.1 Å². The smallest absolute Gasteiger partial charge is 0.0465 e. The average Bonchev–Trinajstić information content (AvgIpc) is 3.63. The maximum Gasteiger partial charge on any atom is 0.0465 e. The third-order valence-electron chi connectivity index (χ3n) is 12.5. The van der Waals surface area contributed by atoms with Gasteiger partial charge in [-0.3, -0.25) is 0 Å². The highest BCUT2D eigenvalue weighted by Crippen LogP contribution is 2.59. The van der Waals surface area contributed by atoms with Gasteiger partial charge in [-0.2, -0.15) is 0 Å². The summed E-state index contributed by atoms with van der Waals surface area (Å²) in [4.78, 5) is 7.90. The van der Waals surface area contributed by atoms with E-state index in [-0.39, 0.29) is 10.8 Å². The molecule has 0 radical (unpaired) electrons. The van der Waals surface area contributed by atoms with E-state index in [1.54, 1.807) is 0 Å². The van der Waals surface area contributed by atoms with Gasteiger partial charge in [0, 0.05) is 47.5 Å². The molecule has 0 bridgehead atoms. The van der Waals surface area contributed by atoms with Crippen LogP contribution in [0.2, 0.25) is 0 Å². The molecule has 0 spiro atoms. The Morgan fingerprint density at radius 1 is 0.351 bits per heavy atom. The Hall–Kier alpha value is -5.74. The number of rotatable bonds is 5. The molecule has 0 saturated carbocycles. The first-order valence-corrected chi connectivity index (χ1v) is 21.5. The van der Waals surface area contributed by atoms with Crippen LogP contribution in [0, 0.1) is 0 Å². The van der Waals surface area contributed by atoms with Crippen LogP contribution in [0.25, 0.3) is 44.5 Å². The highest BCUT2D eigenvalue weighted by atomic mass is 32.2. The van der Waals surface area contributed by atoms with Crippen LogP contribution in [0.3, 0.4) is 0 Å². The van der Waals surface area contributed by atoms with E-state index in [9.17, 15) is 0 Å². The zero-order valence-electron chi connectivity index (χ0n) is 32.5. The second kappa shape index (κ2) is 12.9. The van der Waals surface area contributed by atoms with E-state index < -0.39 is 0 Å². The van der Waals surface area contributed by atoms with Crippen molar-refractivity contribution in [2.24, 2.45) is 0 Å². The van der Waals surface area contributed by atoms with Crippen LogP contribution in [-0.4, -0.2) is 0 Å². The lowest BCUT2D eigenvalue weighted by atomic mass is 9.81. The Labute approximate surface area is 344 Å². The molecule has 0 fully saturated rings. The lowest BCUT2D eigenvalue weighted by Gasteiger charge is -2.28. The first kappa shape index (κ1) is 34.5. The summed E-state index contributed by atoms with van der Waals surface area (Å²) in [5, 5.41) is 0. The third-order valence-corrected chi connectivity index (χ3v) is 15.1. The summed E-state index contributed by atoms with van der Waals surface area (Å²) in [5.41, 5.74) is 19.2. The van der Waals surface area contributed by atoms with E-state index in [1.165, 1.54) is 86.3 Å². The van der Waals surface area contributed by atoms with Crippen molar-refractivity contribution in [2.75, 3.05) is 4.90 Å². The maximum atomic E-state index is 2.45. The van der Waals surface area contributed by atoms with Gasteiger partial charge in [0.2, 0.25) is 0 Å². The molecular weight excluding hydrogens is 727 g/mol. The number of anilines is 3. The molecule has 0 unspecified atom stereocenters. The van der Waals surface area contributed by atoms with Gasteiger partial charge in [0.15, 0.2) is 0 Å². The molecule has 0 amide bonds. The van der Waals surface area contributed by atoms with E-state index in [4.69, 9.17) is 0 Å². The van der Waals surface area contributed by atoms with Gasteiger partial charge >= 0.3 is 0 Å². The van der Waals surface area contributed by atoms with Gasteiger partial charge in [0.1, 0.15) is 0 Å². The molecule has 8 aromatic rings. The van der Waals surface area contributed by atoms with Crippen LogP contribution >= 0.6 is 23.5 Å². The van der Waals surface area contributed by atoms with E-state index >= 15 is 0 Å². The second-order valence-electron chi connectivity index (χ2n) is 16.5. The maximum absolute atomic E-state index is 2.45. The SMILES string of the molecule is CC1(C)c2ccccc2-c2ccc(N(c3ccc(-c4ccccc4)cc3)c3ccc(-c4ccc5c(c4)C(C)(C)c4c-5ccc5c4Sc4ccccc4S5)cc3)cc21.